The van der Waals surface area contributed by atoms with E-state index in [-0.39, 0.29) is 11.0 Å². The Morgan fingerprint density at radius 1 is 0.500 bits per heavy atom. The molecule has 0 atom stereocenters. The molecule has 0 amide bonds. The van der Waals surface area contributed by atoms with Crippen LogP contribution in [0.25, 0.3) is 23.8 Å². The van der Waals surface area contributed by atoms with Crippen molar-refractivity contribution in [3.05, 3.63) is 92.7 Å². The summed E-state index contributed by atoms with van der Waals surface area (Å²) in [7, 11) is 0. The molecule has 0 unspecified atom stereocenters. The summed E-state index contributed by atoms with van der Waals surface area (Å²) in [6.07, 6.45) is -1.61. The molecule has 0 saturated heterocycles. The third-order valence-corrected chi connectivity index (χ3v) is 5.42. The molecule has 176 valence electrons. The quantitative estimate of drug-likeness (QED) is 0.319. The normalized spacial score (nSPS) is 14.4. The Balaban J connectivity index is 1.83. The minimum absolute atomic E-state index is 0.222. The molecule has 1 aliphatic heterocycles. The van der Waals surface area contributed by atoms with E-state index in [0.717, 1.165) is 23.2 Å². The highest BCUT2D eigenvalue weighted by Crippen LogP contribution is 2.51. The maximum atomic E-state index is 15.0. The second-order valence-corrected chi connectivity index (χ2v) is 7.85. The van der Waals surface area contributed by atoms with Crippen molar-refractivity contribution in [2.24, 2.45) is 0 Å². The fraction of sp³-hybridized carbons (Fsp3) is 0.130. The Bertz CT molecular complexity index is 1610. The number of H-pyrrole nitrogens is 4. The Kier molecular flexibility index (Phi) is 4.71. The van der Waals surface area contributed by atoms with E-state index in [1.165, 1.54) is 24.3 Å². The Hall–Kier alpha value is -3.89. The van der Waals surface area contributed by atoms with Gasteiger partial charge in [-0.05, 0) is 66.8 Å². The fourth-order valence-corrected chi connectivity index (χ4v) is 3.80. The van der Waals surface area contributed by atoms with E-state index in [9.17, 15) is 30.7 Å². The van der Waals surface area contributed by atoms with Crippen LogP contribution in [0.3, 0.4) is 0 Å². The molecule has 4 aromatic heterocycles. The number of hydrogen-bond donors (Lipinski definition) is 4. The van der Waals surface area contributed by atoms with Gasteiger partial charge in [-0.1, -0.05) is 0 Å². The highest BCUT2D eigenvalue weighted by Gasteiger charge is 2.74. The van der Waals surface area contributed by atoms with E-state index in [4.69, 9.17) is 0 Å². The zero-order valence-corrected chi connectivity index (χ0v) is 17.0. The van der Waals surface area contributed by atoms with Crippen LogP contribution in [0.4, 0.5) is 30.7 Å². The monoisotopic (exact) mass is 480 g/mol. The van der Waals surface area contributed by atoms with Gasteiger partial charge in [-0.25, -0.2) is 0 Å². The van der Waals surface area contributed by atoms with E-state index < -0.39 is 34.6 Å². The molecule has 11 heteroatoms. The van der Waals surface area contributed by atoms with Gasteiger partial charge in [-0.2, -0.15) is 30.7 Å². The van der Waals surface area contributed by atoms with E-state index in [1.807, 2.05) is 6.08 Å². The van der Waals surface area contributed by atoms with Crippen molar-refractivity contribution in [2.75, 3.05) is 0 Å². The van der Waals surface area contributed by atoms with Gasteiger partial charge in [-0.3, -0.25) is 0 Å². The van der Waals surface area contributed by atoms with Crippen LogP contribution in [-0.2, 0) is 0 Å². The minimum Gasteiger partial charge on any atom is -0.355 e. The van der Waals surface area contributed by atoms with Gasteiger partial charge in [-0.15, -0.1) is 0 Å². The van der Waals surface area contributed by atoms with Crippen LogP contribution in [0.15, 0.2) is 48.5 Å². The van der Waals surface area contributed by atoms with Crippen LogP contribution in [0.1, 0.15) is 22.8 Å². The molecule has 5 heterocycles. The summed E-state index contributed by atoms with van der Waals surface area (Å²) < 4.78 is 97.0. The number of halogens is 7. The van der Waals surface area contributed by atoms with Gasteiger partial charge < -0.3 is 19.9 Å². The van der Waals surface area contributed by atoms with E-state index in [2.05, 4.69) is 19.9 Å². The predicted molar refractivity (Wildman–Crippen MR) is 111 cm³/mol. The number of aromatic nitrogens is 4. The minimum atomic E-state index is -6.47. The molecule has 0 fully saturated rings. The van der Waals surface area contributed by atoms with Crippen LogP contribution in [-0.4, -0.2) is 38.0 Å². The van der Waals surface area contributed by atoms with E-state index >= 15 is 0 Å². The molecular formula is C23H15F7N4. The first-order chi connectivity index (χ1) is 15.9. The lowest BCUT2D eigenvalue weighted by Gasteiger charge is -2.29. The average Bonchev–Trinajstić information content (AvgIpc) is 3.52. The number of aromatic amines is 4. The number of fused-ring (bicyclic) bond motifs is 8. The predicted octanol–water partition coefficient (Wildman–Crippen LogP) is 2.83. The molecule has 4 nitrogen and oxygen atoms in total. The lowest BCUT2D eigenvalue weighted by molar-refractivity contribution is -0.339. The van der Waals surface area contributed by atoms with Crippen molar-refractivity contribution in [1.82, 2.24) is 19.9 Å². The van der Waals surface area contributed by atoms with Crippen molar-refractivity contribution in [2.45, 2.75) is 18.0 Å². The van der Waals surface area contributed by atoms with Gasteiger partial charge >= 0.3 is 18.0 Å². The molecule has 0 radical (unpaired) electrons. The first-order valence-electron chi connectivity index (χ1n) is 9.95. The fourth-order valence-electron chi connectivity index (χ4n) is 3.80. The summed E-state index contributed by atoms with van der Waals surface area (Å²) in [5.74, 6) is -11.9. The second kappa shape index (κ2) is 7.31. The lowest BCUT2D eigenvalue weighted by atomic mass is 9.98. The number of nitrogens with one attached hydrogen (secondary N) is 4. The van der Waals surface area contributed by atoms with Crippen LogP contribution in [0.5, 0.6) is 0 Å². The Labute approximate surface area is 185 Å². The van der Waals surface area contributed by atoms with E-state index in [1.54, 1.807) is 24.3 Å². The molecule has 5 rings (SSSR count). The molecule has 1 aliphatic rings. The molecule has 0 aliphatic carbocycles. The maximum Gasteiger partial charge on any atom is 0.460 e. The number of rotatable bonds is 2. The van der Waals surface area contributed by atoms with Crippen LogP contribution < -0.4 is 21.4 Å². The van der Waals surface area contributed by atoms with Gasteiger partial charge in [0.2, 0.25) is 0 Å². The van der Waals surface area contributed by atoms with Gasteiger partial charge in [0.25, 0.3) is 0 Å². The van der Waals surface area contributed by atoms with Crippen LogP contribution in [0.2, 0.25) is 0 Å². The molecule has 8 bridgehead atoms. The van der Waals surface area contributed by atoms with Crippen molar-refractivity contribution in [3.8, 4) is 0 Å². The molecule has 4 aromatic rings. The molecule has 34 heavy (non-hydrogen) atoms. The summed E-state index contributed by atoms with van der Waals surface area (Å²) in [6, 6.07) is 11.6. The van der Waals surface area contributed by atoms with Crippen molar-refractivity contribution in [3.63, 3.8) is 0 Å². The molecule has 0 spiro atoms. The third-order valence-electron chi connectivity index (χ3n) is 5.42. The third kappa shape index (κ3) is 3.57. The molecule has 0 saturated carbocycles. The SMILES string of the molecule is FC(F)(F)C(F)(F)C(F)(F)C1=c2ccc([nH]2)=Cc2ccc([nH]2)C=c2ccc([nH]2)=Cc2ccc1[nH]2. The first-order valence-corrected chi connectivity index (χ1v) is 9.95. The van der Waals surface area contributed by atoms with E-state index in [0.29, 0.717) is 11.0 Å². The summed E-state index contributed by atoms with van der Waals surface area (Å²) in [4.78, 5) is 11.2. The zero-order valence-electron chi connectivity index (χ0n) is 17.0. The summed E-state index contributed by atoms with van der Waals surface area (Å²) >= 11 is 0. The zero-order chi connectivity index (χ0) is 24.3. The van der Waals surface area contributed by atoms with Gasteiger partial charge in [0.1, 0.15) is 0 Å². The Morgan fingerprint density at radius 3 is 1.59 bits per heavy atom. The highest BCUT2D eigenvalue weighted by atomic mass is 19.4. The topological polar surface area (TPSA) is 63.2 Å². The van der Waals surface area contributed by atoms with Crippen molar-refractivity contribution >= 4 is 23.8 Å². The number of hydrogen-bond acceptors (Lipinski definition) is 0. The van der Waals surface area contributed by atoms with Crippen LogP contribution >= 0.6 is 0 Å². The smallest absolute Gasteiger partial charge is 0.355 e. The number of alkyl halides is 7. The van der Waals surface area contributed by atoms with Crippen molar-refractivity contribution in [1.29, 1.82) is 0 Å². The summed E-state index contributed by atoms with van der Waals surface area (Å²) in [5, 5.41) is 0.922. The molecule has 0 aromatic carbocycles. The highest BCUT2D eigenvalue weighted by molar-refractivity contribution is 5.70. The van der Waals surface area contributed by atoms with Gasteiger partial charge in [0, 0.05) is 33.1 Å². The lowest BCUT2D eigenvalue weighted by Crippen LogP contribution is -2.53. The first kappa shape index (κ1) is 21.9. The van der Waals surface area contributed by atoms with Gasteiger partial charge in [0.15, 0.2) is 0 Å². The standard InChI is InChI=1S/C23H15F7N4/c24-21(25,22(26,27)23(28,29)30)20-18-7-5-16(33-18)10-14-3-1-12(31-14)9-13-2-4-15(32-13)11-17-6-8-19(20)34-17/h1-11,31-34H. The average molecular weight is 480 g/mol. The largest absolute Gasteiger partial charge is 0.460 e. The summed E-state index contributed by atoms with van der Waals surface area (Å²) in [5.41, 5.74) is -0.583. The summed E-state index contributed by atoms with van der Waals surface area (Å²) in [6.45, 7) is 0. The van der Waals surface area contributed by atoms with Crippen molar-refractivity contribution < 1.29 is 30.7 Å². The molecule has 4 N–H and O–H groups in total. The molecular weight excluding hydrogens is 465 g/mol. The Morgan fingerprint density at radius 2 is 1.00 bits per heavy atom. The second-order valence-electron chi connectivity index (χ2n) is 7.85. The maximum absolute atomic E-state index is 15.0. The van der Waals surface area contributed by atoms with Crippen LogP contribution in [0, 0.1) is 0 Å². The van der Waals surface area contributed by atoms with Gasteiger partial charge in [0.05, 0.1) is 16.6 Å².